The van der Waals surface area contributed by atoms with Crippen LogP contribution in [0.4, 0.5) is 5.13 Å². The van der Waals surface area contributed by atoms with Crippen LogP contribution in [-0.4, -0.2) is 30.5 Å². The second-order valence-corrected chi connectivity index (χ2v) is 5.53. The fourth-order valence-corrected chi connectivity index (χ4v) is 2.02. The van der Waals surface area contributed by atoms with Crippen LogP contribution in [0.5, 0.6) is 0 Å². The lowest BCUT2D eigenvalue weighted by atomic mass is 9.93. The molecule has 1 aromatic rings. The molecule has 1 amide bonds. The molecule has 0 aliphatic carbocycles. The average molecular weight is 271 g/mol. The highest BCUT2D eigenvalue weighted by atomic mass is 32.1. The molecular formula is C11H17N3O3S. The van der Waals surface area contributed by atoms with Gasteiger partial charge in [0, 0.05) is 6.54 Å². The van der Waals surface area contributed by atoms with Crippen molar-refractivity contribution < 1.29 is 14.3 Å². The van der Waals surface area contributed by atoms with Crippen LogP contribution in [0.3, 0.4) is 0 Å². The summed E-state index contributed by atoms with van der Waals surface area (Å²) in [5.41, 5.74) is 5.20. The molecule has 0 aliphatic heterocycles. The zero-order chi connectivity index (χ0) is 13.9. The SMILES string of the molecule is COC(=O)c1sc(NCC(C)(C)C(N)=O)nc1C. The normalized spacial score (nSPS) is 11.1. The van der Waals surface area contributed by atoms with Crippen molar-refractivity contribution in [2.24, 2.45) is 11.1 Å². The molecule has 0 aliphatic rings. The zero-order valence-electron chi connectivity index (χ0n) is 10.9. The number of aryl methyl sites for hydroxylation is 1. The van der Waals surface area contributed by atoms with Crippen LogP contribution < -0.4 is 11.1 Å². The minimum Gasteiger partial charge on any atom is -0.465 e. The fourth-order valence-electron chi connectivity index (χ4n) is 1.14. The summed E-state index contributed by atoms with van der Waals surface area (Å²) in [5, 5.41) is 3.58. The number of thiazole rings is 1. The van der Waals surface area contributed by atoms with E-state index in [1.165, 1.54) is 18.4 Å². The van der Waals surface area contributed by atoms with Crippen molar-refractivity contribution in [3.63, 3.8) is 0 Å². The van der Waals surface area contributed by atoms with Crippen LogP contribution in [0.25, 0.3) is 0 Å². The number of amides is 1. The largest absolute Gasteiger partial charge is 0.465 e. The van der Waals surface area contributed by atoms with Crippen LogP contribution in [0.15, 0.2) is 0 Å². The number of hydrogen-bond donors (Lipinski definition) is 2. The molecule has 0 atom stereocenters. The predicted molar refractivity (Wildman–Crippen MR) is 69.7 cm³/mol. The number of nitrogens with zero attached hydrogens (tertiary/aromatic N) is 1. The van der Waals surface area contributed by atoms with Crippen molar-refractivity contribution in [2.75, 3.05) is 19.0 Å². The second kappa shape index (κ2) is 5.34. The van der Waals surface area contributed by atoms with Gasteiger partial charge in [-0.05, 0) is 20.8 Å². The number of hydrogen-bond acceptors (Lipinski definition) is 6. The van der Waals surface area contributed by atoms with Crippen molar-refractivity contribution >= 4 is 28.3 Å². The first-order chi connectivity index (χ1) is 8.27. The molecule has 7 heteroatoms. The summed E-state index contributed by atoms with van der Waals surface area (Å²) in [5.74, 6) is -0.802. The molecule has 0 aromatic carbocycles. The number of nitrogens with two attached hydrogens (primary N) is 1. The van der Waals surface area contributed by atoms with Gasteiger partial charge >= 0.3 is 5.97 Å². The number of rotatable bonds is 5. The van der Waals surface area contributed by atoms with Gasteiger partial charge in [-0.3, -0.25) is 4.79 Å². The highest BCUT2D eigenvalue weighted by molar-refractivity contribution is 7.17. The highest BCUT2D eigenvalue weighted by Gasteiger charge is 2.25. The molecule has 1 rings (SSSR count). The maximum Gasteiger partial charge on any atom is 0.350 e. The summed E-state index contributed by atoms with van der Waals surface area (Å²) in [7, 11) is 1.32. The molecule has 1 heterocycles. The van der Waals surface area contributed by atoms with Gasteiger partial charge in [0.25, 0.3) is 0 Å². The van der Waals surface area contributed by atoms with E-state index in [1.807, 2.05) is 0 Å². The Kier molecular flexibility index (Phi) is 4.28. The van der Waals surface area contributed by atoms with Gasteiger partial charge in [0.2, 0.25) is 5.91 Å². The minimum atomic E-state index is -0.676. The Bertz CT molecular complexity index is 468. The van der Waals surface area contributed by atoms with Crippen molar-refractivity contribution in [3.05, 3.63) is 10.6 Å². The van der Waals surface area contributed by atoms with Gasteiger partial charge in [0.1, 0.15) is 4.88 Å². The lowest BCUT2D eigenvalue weighted by Crippen LogP contribution is -2.37. The zero-order valence-corrected chi connectivity index (χ0v) is 11.7. The van der Waals surface area contributed by atoms with Gasteiger partial charge in [-0.15, -0.1) is 0 Å². The number of carbonyl (C=O) groups is 2. The highest BCUT2D eigenvalue weighted by Crippen LogP contribution is 2.24. The number of ether oxygens (including phenoxy) is 1. The van der Waals surface area contributed by atoms with E-state index in [9.17, 15) is 9.59 Å². The molecule has 18 heavy (non-hydrogen) atoms. The molecule has 0 saturated carbocycles. The van der Waals surface area contributed by atoms with Gasteiger partial charge in [0.15, 0.2) is 5.13 Å². The molecule has 0 radical (unpaired) electrons. The minimum absolute atomic E-state index is 0.357. The van der Waals surface area contributed by atoms with Crippen LogP contribution in [0.1, 0.15) is 29.2 Å². The fraction of sp³-hybridized carbons (Fsp3) is 0.545. The first kappa shape index (κ1) is 14.4. The Morgan fingerprint density at radius 1 is 1.50 bits per heavy atom. The van der Waals surface area contributed by atoms with Crippen LogP contribution in [-0.2, 0) is 9.53 Å². The number of aromatic nitrogens is 1. The molecule has 100 valence electrons. The Balaban J connectivity index is 2.76. The van der Waals surface area contributed by atoms with Crippen molar-refractivity contribution in [3.8, 4) is 0 Å². The standard InChI is InChI=1S/C11H17N3O3S/c1-6-7(8(15)17-4)18-10(14-6)13-5-11(2,3)9(12)16/h5H2,1-4H3,(H2,12,16)(H,13,14). The number of anilines is 1. The van der Waals surface area contributed by atoms with E-state index < -0.39 is 17.3 Å². The molecule has 0 unspecified atom stereocenters. The summed E-state index contributed by atoms with van der Waals surface area (Å²) in [6.45, 7) is 5.57. The quantitative estimate of drug-likeness (QED) is 0.784. The topological polar surface area (TPSA) is 94.3 Å². The molecule has 3 N–H and O–H groups in total. The van der Waals surface area contributed by atoms with Crippen molar-refractivity contribution in [1.82, 2.24) is 4.98 Å². The molecule has 0 bridgehead atoms. The Morgan fingerprint density at radius 3 is 2.61 bits per heavy atom. The molecule has 0 spiro atoms. The molecule has 1 aromatic heterocycles. The summed E-state index contributed by atoms with van der Waals surface area (Å²) in [6.07, 6.45) is 0. The van der Waals surface area contributed by atoms with Crippen LogP contribution in [0, 0.1) is 12.3 Å². The molecule has 0 saturated heterocycles. The van der Waals surface area contributed by atoms with E-state index in [0.717, 1.165) is 0 Å². The van der Waals surface area contributed by atoms with Gasteiger partial charge in [0.05, 0.1) is 18.2 Å². The van der Waals surface area contributed by atoms with Gasteiger partial charge in [-0.1, -0.05) is 11.3 Å². The number of primary amides is 1. The monoisotopic (exact) mass is 271 g/mol. The number of methoxy groups -OCH3 is 1. The predicted octanol–water partition coefficient (Wildman–Crippen LogP) is 1.16. The van der Waals surface area contributed by atoms with E-state index in [2.05, 4.69) is 15.0 Å². The number of nitrogens with one attached hydrogen (secondary N) is 1. The summed E-state index contributed by atoms with van der Waals surface area (Å²) >= 11 is 1.20. The van der Waals surface area contributed by atoms with Gasteiger partial charge in [-0.2, -0.15) is 0 Å². The van der Waals surface area contributed by atoms with Crippen LogP contribution in [0.2, 0.25) is 0 Å². The second-order valence-electron chi connectivity index (χ2n) is 4.53. The van der Waals surface area contributed by atoms with Gasteiger partial charge < -0.3 is 15.8 Å². The molecule has 6 nitrogen and oxygen atoms in total. The maximum atomic E-state index is 11.4. The summed E-state index contributed by atoms with van der Waals surface area (Å²) in [6, 6.07) is 0. The Morgan fingerprint density at radius 2 is 2.11 bits per heavy atom. The smallest absolute Gasteiger partial charge is 0.350 e. The number of esters is 1. The maximum absolute atomic E-state index is 11.4. The van der Waals surface area contributed by atoms with Crippen LogP contribution >= 0.6 is 11.3 Å². The van der Waals surface area contributed by atoms with E-state index in [0.29, 0.717) is 22.2 Å². The van der Waals surface area contributed by atoms with Crippen molar-refractivity contribution in [2.45, 2.75) is 20.8 Å². The van der Waals surface area contributed by atoms with E-state index in [1.54, 1.807) is 20.8 Å². The van der Waals surface area contributed by atoms with E-state index in [-0.39, 0.29) is 0 Å². The first-order valence-corrected chi connectivity index (χ1v) is 6.19. The molecule has 0 fully saturated rings. The Labute approximate surface area is 110 Å². The third-order valence-corrected chi connectivity index (χ3v) is 3.61. The summed E-state index contributed by atoms with van der Waals surface area (Å²) in [4.78, 5) is 27.2. The average Bonchev–Trinajstić information content (AvgIpc) is 2.67. The molecular weight excluding hydrogens is 254 g/mol. The third-order valence-electron chi connectivity index (χ3n) is 2.52. The Hall–Kier alpha value is -1.63. The van der Waals surface area contributed by atoms with Crippen molar-refractivity contribution in [1.29, 1.82) is 0 Å². The number of carbonyl (C=O) groups excluding carboxylic acids is 2. The first-order valence-electron chi connectivity index (χ1n) is 5.37. The van der Waals surface area contributed by atoms with E-state index in [4.69, 9.17) is 5.73 Å². The summed E-state index contributed by atoms with van der Waals surface area (Å²) < 4.78 is 4.64. The third kappa shape index (κ3) is 3.19. The lowest BCUT2D eigenvalue weighted by molar-refractivity contribution is -0.125. The van der Waals surface area contributed by atoms with E-state index >= 15 is 0 Å². The lowest BCUT2D eigenvalue weighted by Gasteiger charge is -2.20. The van der Waals surface area contributed by atoms with Gasteiger partial charge in [-0.25, -0.2) is 9.78 Å².